The lowest BCUT2D eigenvalue weighted by atomic mass is 9.91. The van der Waals surface area contributed by atoms with Crippen LogP contribution in [0.5, 0.6) is 11.5 Å². The number of anilines is 1. The zero-order chi connectivity index (χ0) is 24.2. The van der Waals surface area contributed by atoms with Crippen molar-refractivity contribution < 1.29 is 19.1 Å². The van der Waals surface area contributed by atoms with Crippen molar-refractivity contribution in [3.8, 4) is 11.5 Å². The van der Waals surface area contributed by atoms with E-state index in [1.807, 2.05) is 18.2 Å². The molecular formula is C26H29N3O4S. The molecule has 1 aromatic heterocycles. The van der Waals surface area contributed by atoms with Crippen LogP contribution in [-0.2, 0) is 11.2 Å². The standard InChI is InChI=1S/C26H29N3O4S/c1-28(2)26(31)17-7-9-19(10-8-17)27-24(30)16-29-12-11-18-14-21(32-3)22(33-4)15-20(18)25(29)23-6-5-13-34-23/h5-10,13-15,25H,11-12,16H2,1-4H3,(H,27,30)/t25-/m0/s1. The third kappa shape index (κ3) is 4.93. The fourth-order valence-electron chi connectivity index (χ4n) is 4.29. The Morgan fingerprint density at radius 1 is 1.09 bits per heavy atom. The Bertz CT molecular complexity index is 1160. The minimum Gasteiger partial charge on any atom is -0.493 e. The topological polar surface area (TPSA) is 71.1 Å². The zero-order valence-corrected chi connectivity index (χ0v) is 20.6. The van der Waals surface area contributed by atoms with E-state index >= 15 is 0 Å². The summed E-state index contributed by atoms with van der Waals surface area (Å²) in [5.74, 6) is 1.22. The molecule has 178 valence electrons. The number of carbonyl (C=O) groups excluding carboxylic acids is 2. The Balaban J connectivity index is 1.54. The predicted octanol–water partition coefficient (Wildman–Crippen LogP) is 4.05. The van der Waals surface area contributed by atoms with Crippen LogP contribution in [0.25, 0.3) is 0 Å². The van der Waals surface area contributed by atoms with Crippen LogP contribution in [0.2, 0.25) is 0 Å². The van der Waals surface area contributed by atoms with Crippen molar-refractivity contribution in [1.82, 2.24) is 9.80 Å². The molecule has 2 aromatic carbocycles. The normalized spacial score (nSPS) is 15.4. The van der Waals surface area contributed by atoms with Gasteiger partial charge >= 0.3 is 0 Å². The Morgan fingerprint density at radius 3 is 2.41 bits per heavy atom. The summed E-state index contributed by atoms with van der Waals surface area (Å²) in [5, 5.41) is 5.02. The average Bonchev–Trinajstić information content (AvgIpc) is 3.37. The smallest absolute Gasteiger partial charge is 0.253 e. The lowest BCUT2D eigenvalue weighted by Gasteiger charge is -2.37. The summed E-state index contributed by atoms with van der Waals surface area (Å²) in [7, 11) is 6.70. The van der Waals surface area contributed by atoms with E-state index in [1.54, 1.807) is 63.9 Å². The van der Waals surface area contributed by atoms with Gasteiger partial charge in [-0.3, -0.25) is 14.5 Å². The number of thiophene rings is 1. The van der Waals surface area contributed by atoms with Crippen LogP contribution >= 0.6 is 11.3 Å². The first-order chi connectivity index (χ1) is 16.4. The van der Waals surface area contributed by atoms with Crippen LogP contribution in [0.1, 0.15) is 32.4 Å². The molecule has 0 saturated carbocycles. The predicted molar refractivity (Wildman–Crippen MR) is 134 cm³/mol. The molecule has 2 amide bonds. The van der Waals surface area contributed by atoms with E-state index in [1.165, 1.54) is 15.3 Å². The minimum absolute atomic E-state index is 0.0469. The maximum Gasteiger partial charge on any atom is 0.253 e. The summed E-state index contributed by atoms with van der Waals surface area (Å²) in [5.41, 5.74) is 3.58. The second kappa shape index (κ2) is 10.3. The van der Waals surface area contributed by atoms with E-state index < -0.39 is 0 Å². The first-order valence-corrected chi connectivity index (χ1v) is 11.9. The van der Waals surface area contributed by atoms with E-state index in [0.29, 0.717) is 22.7 Å². The van der Waals surface area contributed by atoms with Gasteiger partial charge in [0.25, 0.3) is 5.91 Å². The van der Waals surface area contributed by atoms with Crippen LogP contribution in [0.15, 0.2) is 53.9 Å². The van der Waals surface area contributed by atoms with Gasteiger partial charge in [-0.05, 0) is 65.4 Å². The van der Waals surface area contributed by atoms with Crippen LogP contribution in [-0.4, -0.2) is 63.0 Å². The molecular weight excluding hydrogens is 450 g/mol. The number of carbonyl (C=O) groups is 2. The summed E-state index contributed by atoms with van der Waals surface area (Å²) in [6.45, 7) is 0.990. The first kappa shape index (κ1) is 23.8. The highest BCUT2D eigenvalue weighted by atomic mass is 32.1. The third-order valence-corrected chi connectivity index (χ3v) is 6.88. The molecule has 0 spiro atoms. The van der Waals surface area contributed by atoms with Crippen molar-refractivity contribution in [2.75, 3.05) is 46.7 Å². The number of hydrogen-bond acceptors (Lipinski definition) is 6. The number of methoxy groups -OCH3 is 2. The van der Waals surface area contributed by atoms with Crippen LogP contribution in [0, 0.1) is 0 Å². The van der Waals surface area contributed by atoms with Gasteiger partial charge in [-0.2, -0.15) is 0 Å². The maximum absolute atomic E-state index is 13.0. The van der Waals surface area contributed by atoms with Crippen molar-refractivity contribution in [3.05, 3.63) is 75.5 Å². The Kier molecular flexibility index (Phi) is 7.19. The third-order valence-electron chi connectivity index (χ3n) is 5.95. The van der Waals surface area contributed by atoms with Crippen molar-refractivity contribution >= 4 is 28.8 Å². The van der Waals surface area contributed by atoms with Gasteiger partial charge in [-0.25, -0.2) is 0 Å². The number of nitrogens with one attached hydrogen (secondary N) is 1. The summed E-state index contributed by atoms with van der Waals surface area (Å²) >= 11 is 1.68. The molecule has 0 fully saturated rings. The highest BCUT2D eigenvalue weighted by Gasteiger charge is 2.32. The number of hydrogen-bond donors (Lipinski definition) is 1. The molecule has 1 aliphatic rings. The fourth-order valence-corrected chi connectivity index (χ4v) is 5.16. The quantitative estimate of drug-likeness (QED) is 0.554. The average molecular weight is 480 g/mol. The van der Waals surface area contributed by atoms with Crippen LogP contribution in [0.3, 0.4) is 0 Å². The molecule has 3 aromatic rings. The highest BCUT2D eigenvalue weighted by molar-refractivity contribution is 7.10. The Morgan fingerprint density at radius 2 is 1.79 bits per heavy atom. The largest absolute Gasteiger partial charge is 0.493 e. The van der Waals surface area contributed by atoms with Gasteiger partial charge in [0.1, 0.15) is 0 Å². The molecule has 0 unspecified atom stereocenters. The Labute approximate surface area is 203 Å². The number of amides is 2. The summed E-state index contributed by atoms with van der Waals surface area (Å²) in [6.07, 6.45) is 0.812. The van der Waals surface area contributed by atoms with Gasteiger partial charge in [0.15, 0.2) is 11.5 Å². The zero-order valence-electron chi connectivity index (χ0n) is 19.8. The van der Waals surface area contributed by atoms with Gasteiger partial charge in [-0.15, -0.1) is 11.3 Å². The second-order valence-corrected chi connectivity index (χ2v) is 9.35. The number of rotatable bonds is 7. The summed E-state index contributed by atoms with van der Waals surface area (Å²) < 4.78 is 11.1. The van der Waals surface area contributed by atoms with E-state index in [2.05, 4.69) is 21.7 Å². The van der Waals surface area contributed by atoms with Gasteiger partial charge in [0, 0.05) is 36.8 Å². The molecule has 1 aliphatic heterocycles. The monoisotopic (exact) mass is 479 g/mol. The van der Waals surface area contributed by atoms with Crippen molar-refractivity contribution in [3.63, 3.8) is 0 Å². The molecule has 0 aliphatic carbocycles. The maximum atomic E-state index is 13.0. The Hall–Kier alpha value is -3.36. The van der Waals surface area contributed by atoms with Crippen molar-refractivity contribution in [2.45, 2.75) is 12.5 Å². The minimum atomic E-state index is -0.0998. The van der Waals surface area contributed by atoms with Crippen molar-refractivity contribution in [2.24, 2.45) is 0 Å². The molecule has 1 N–H and O–H groups in total. The fraction of sp³-hybridized carbons (Fsp3) is 0.308. The molecule has 2 heterocycles. The van der Waals surface area contributed by atoms with E-state index in [4.69, 9.17) is 9.47 Å². The summed E-state index contributed by atoms with van der Waals surface area (Å²) in [4.78, 5) is 30.0. The van der Waals surface area contributed by atoms with E-state index in [9.17, 15) is 9.59 Å². The van der Waals surface area contributed by atoms with Crippen LogP contribution < -0.4 is 14.8 Å². The van der Waals surface area contributed by atoms with Gasteiger partial charge in [-0.1, -0.05) is 6.07 Å². The molecule has 7 nitrogen and oxygen atoms in total. The van der Waals surface area contributed by atoms with Crippen molar-refractivity contribution in [1.29, 1.82) is 0 Å². The number of nitrogens with zero attached hydrogens (tertiary/aromatic N) is 2. The van der Waals surface area contributed by atoms with E-state index in [0.717, 1.165) is 18.5 Å². The van der Waals surface area contributed by atoms with Crippen LogP contribution in [0.4, 0.5) is 5.69 Å². The molecule has 4 rings (SSSR count). The number of benzene rings is 2. The number of fused-ring (bicyclic) bond motifs is 1. The lowest BCUT2D eigenvalue weighted by Crippen LogP contribution is -2.40. The molecule has 0 bridgehead atoms. The molecule has 1 atom stereocenters. The molecule has 34 heavy (non-hydrogen) atoms. The molecule has 8 heteroatoms. The second-order valence-electron chi connectivity index (χ2n) is 8.37. The SMILES string of the molecule is COc1cc2c(cc1OC)[C@@H](c1cccs1)N(CC(=O)Nc1ccc(C(=O)N(C)C)cc1)CC2. The number of ether oxygens (including phenoxy) is 2. The summed E-state index contributed by atoms with van der Waals surface area (Å²) in [6, 6.07) is 15.1. The highest BCUT2D eigenvalue weighted by Crippen LogP contribution is 2.42. The lowest BCUT2D eigenvalue weighted by molar-refractivity contribution is -0.117. The first-order valence-electron chi connectivity index (χ1n) is 11.0. The van der Waals surface area contributed by atoms with Gasteiger partial charge < -0.3 is 19.7 Å². The molecule has 0 radical (unpaired) electrons. The van der Waals surface area contributed by atoms with Gasteiger partial charge in [0.2, 0.25) is 5.91 Å². The van der Waals surface area contributed by atoms with Gasteiger partial charge in [0.05, 0.1) is 26.8 Å². The van der Waals surface area contributed by atoms with E-state index in [-0.39, 0.29) is 24.4 Å². The molecule has 0 saturated heterocycles.